The minimum atomic E-state index is 0.585. The third kappa shape index (κ3) is 5.05. The summed E-state index contributed by atoms with van der Waals surface area (Å²) in [6.45, 7) is 15.7. The molecule has 0 atom stereocenters. The maximum atomic E-state index is 7.85. The minimum Gasteiger partial charge on any atom is -0.306 e. The number of hydrogen-bond acceptors (Lipinski definition) is 0. The van der Waals surface area contributed by atoms with Gasteiger partial charge < -0.3 is 13.7 Å². The van der Waals surface area contributed by atoms with E-state index >= 15 is 0 Å². The largest absolute Gasteiger partial charge is 0.306 e. The summed E-state index contributed by atoms with van der Waals surface area (Å²) in [5.74, 6) is 0. The van der Waals surface area contributed by atoms with Crippen molar-refractivity contribution in [3.63, 3.8) is 0 Å². The lowest BCUT2D eigenvalue weighted by Crippen LogP contribution is -2.12. The molecule has 0 aliphatic carbocycles. The Kier molecular flexibility index (Phi) is 7.59. The quantitative estimate of drug-likeness (QED) is 0.156. The number of hydrogen-bond donors (Lipinski definition) is 0. The average Bonchev–Trinajstić information content (AvgIpc) is 3.97. The maximum absolute atomic E-state index is 7.85. The topological polar surface area (TPSA) is 23.5 Å². The van der Waals surface area contributed by atoms with Crippen LogP contribution in [0.2, 0.25) is 0 Å². The van der Waals surface area contributed by atoms with Gasteiger partial charge in [0.15, 0.2) is 11.4 Å². The number of aromatic nitrogens is 3. The van der Waals surface area contributed by atoms with Crippen LogP contribution in [0.3, 0.4) is 0 Å². The van der Waals surface area contributed by atoms with Gasteiger partial charge in [0.25, 0.3) is 0 Å². The van der Waals surface area contributed by atoms with E-state index in [1.165, 1.54) is 0 Å². The smallest absolute Gasteiger partial charge is 0.187 e. The molecule has 5 nitrogen and oxygen atoms in total. The lowest BCUT2D eigenvalue weighted by Gasteiger charge is -2.27. The Morgan fingerprint density at radius 1 is 0.279 bits per heavy atom. The van der Waals surface area contributed by atoms with E-state index in [2.05, 4.69) is 199 Å². The van der Waals surface area contributed by atoms with Crippen molar-refractivity contribution < 1.29 is 0 Å². The van der Waals surface area contributed by atoms with Crippen LogP contribution in [0.4, 0.5) is 11.4 Å². The number of benzene rings is 9. The first-order valence-corrected chi connectivity index (χ1v) is 20.3. The van der Waals surface area contributed by atoms with Crippen molar-refractivity contribution in [3.05, 3.63) is 223 Å². The zero-order valence-electron chi connectivity index (χ0n) is 32.8. The van der Waals surface area contributed by atoms with Crippen molar-refractivity contribution in [2.75, 3.05) is 0 Å². The third-order valence-corrected chi connectivity index (χ3v) is 12.3. The van der Waals surface area contributed by atoms with E-state index in [0.717, 1.165) is 105 Å². The van der Waals surface area contributed by atoms with Gasteiger partial charge in [0.2, 0.25) is 0 Å². The summed E-state index contributed by atoms with van der Waals surface area (Å²) in [6.07, 6.45) is 0. The second-order valence-electron chi connectivity index (χ2n) is 15.4. The lowest BCUT2D eigenvalue weighted by molar-refractivity contribution is 1.05. The standard InChI is InChI=1S/C56H33N5/c1-57-38-31-27-36(28-32-38)46-35-47(37-29-33-39(58-2)34-30-37)55(60-50-23-11-5-17-42(50)43-18-6-12-24-51(43)60)56(61-52-25-13-7-19-44(52)45-20-8-14-26-53(45)61)54(46)59-48-21-9-3-15-40(48)41-16-4-10-22-49(41)59/h3-35H. The highest BCUT2D eigenvalue weighted by molar-refractivity contribution is 6.15. The van der Waals surface area contributed by atoms with Gasteiger partial charge in [-0.25, -0.2) is 9.69 Å². The van der Waals surface area contributed by atoms with Gasteiger partial charge in [-0.2, -0.15) is 0 Å². The van der Waals surface area contributed by atoms with Crippen LogP contribution in [0.1, 0.15) is 0 Å². The fraction of sp³-hybridized carbons (Fsp3) is 0. The molecule has 282 valence electrons. The van der Waals surface area contributed by atoms with Crippen LogP contribution in [-0.4, -0.2) is 13.7 Å². The van der Waals surface area contributed by atoms with Gasteiger partial charge in [0, 0.05) is 43.4 Å². The Labute approximate surface area is 351 Å². The molecule has 0 bridgehead atoms. The summed E-state index contributed by atoms with van der Waals surface area (Å²) in [5, 5.41) is 6.98. The number of fused-ring (bicyclic) bond motifs is 9. The molecule has 3 aromatic heterocycles. The fourth-order valence-corrected chi connectivity index (χ4v) is 9.67. The molecule has 12 rings (SSSR count). The zero-order valence-corrected chi connectivity index (χ0v) is 32.8. The normalized spacial score (nSPS) is 11.6. The van der Waals surface area contributed by atoms with Crippen LogP contribution in [0.5, 0.6) is 0 Å². The van der Waals surface area contributed by atoms with E-state index in [1.807, 2.05) is 24.3 Å². The monoisotopic (exact) mass is 775 g/mol. The molecule has 0 radical (unpaired) electrons. The minimum absolute atomic E-state index is 0.585. The van der Waals surface area contributed by atoms with Crippen LogP contribution in [0.25, 0.3) is 114 Å². The van der Waals surface area contributed by atoms with Crippen LogP contribution < -0.4 is 0 Å². The summed E-state index contributed by atoms with van der Waals surface area (Å²) in [5.41, 5.74) is 14.7. The van der Waals surface area contributed by atoms with E-state index in [1.54, 1.807) is 0 Å². The van der Waals surface area contributed by atoms with Crippen LogP contribution in [0.15, 0.2) is 200 Å². The molecule has 61 heavy (non-hydrogen) atoms. The Morgan fingerprint density at radius 3 is 0.787 bits per heavy atom. The first-order valence-electron chi connectivity index (χ1n) is 20.3. The molecule has 0 unspecified atom stereocenters. The van der Waals surface area contributed by atoms with Gasteiger partial charge in [0.1, 0.15) is 0 Å². The van der Waals surface area contributed by atoms with E-state index in [9.17, 15) is 0 Å². The van der Waals surface area contributed by atoms with E-state index in [4.69, 9.17) is 13.1 Å². The molecule has 0 amide bonds. The molecule has 0 aliphatic heterocycles. The summed E-state index contributed by atoms with van der Waals surface area (Å²) >= 11 is 0. The first-order chi connectivity index (χ1) is 30.2. The summed E-state index contributed by atoms with van der Waals surface area (Å²) in [7, 11) is 0. The number of nitrogens with zero attached hydrogens (tertiary/aromatic N) is 5. The van der Waals surface area contributed by atoms with Crippen LogP contribution >= 0.6 is 0 Å². The van der Waals surface area contributed by atoms with Crippen molar-refractivity contribution in [2.45, 2.75) is 0 Å². The van der Waals surface area contributed by atoms with Gasteiger partial charge in [-0.3, -0.25) is 0 Å². The molecular formula is C56H33N5. The highest BCUT2D eigenvalue weighted by Crippen LogP contribution is 2.50. The summed E-state index contributed by atoms with van der Waals surface area (Å²) in [6, 6.07) is 70.6. The summed E-state index contributed by atoms with van der Waals surface area (Å²) < 4.78 is 7.41. The van der Waals surface area contributed by atoms with Gasteiger partial charge in [-0.1, -0.05) is 158 Å². The Balaban J connectivity index is 1.42. The molecule has 12 aromatic rings. The molecule has 0 saturated carbocycles. The lowest BCUT2D eigenvalue weighted by atomic mass is 9.92. The second kappa shape index (κ2) is 13.5. The van der Waals surface area contributed by atoms with E-state index in [0.29, 0.717) is 11.4 Å². The molecule has 3 heterocycles. The van der Waals surface area contributed by atoms with E-state index in [-0.39, 0.29) is 0 Å². The molecule has 0 N–H and O–H groups in total. The molecule has 0 aliphatic rings. The van der Waals surface area contributed by atoms with Crippen molar-refractivity contribution in [2.24, 2.45) is 0 Å². The van der Waals surface area contributed by atoms with E-state index < -0.39 is 0 Å². The predicted molar refractivity (Wildman–Crippen MR) is 253 cm³/mol. The molecule has 9 aromatic carbocycles. The SMILES string of the molecule is [C-]#[N+]c1ccc(-c2cc(-c3ccc([N+]#[C-])cc3)c(-n3c4ccccc4c4ccccc43)c(-n3c4ccccc4c4ccccc43)c2-n2c3ccccc3c3ccccc32)cc1. The van der Waals surface area contributed by atoms with Crippen molar-refractivity contribution in [1.82, 2.24) is 13.7 Å². The highest BCUT2D eigenvalue weighted by atomic mass is 15.1. The summed E-state index contributed by atoms with van der Waals surface area (Å²) in [4.78, 5) is 7.57. The first kappa shape index (κ1) is 34.4. The second-order valence-corrected chi connectivity index (χ2v) is 15.4. The van der Waals surface area contributed by atoms with Crippen molar-refractivity contribution >= 4 is 76.8 Å². The van der Waals surface area contributed by atoms with Gasteiger partial charge >= 0.3 is 0 Å². The molecule has 5 heteroatoms. The molecule has 0 spiro atoms. The van der Waals surface area contributed by atoms with Gasteiger partial charge in [-0.05, 0) is 53.6 Å². The van der Waals surface area contributed by atoms with Gasteiger partial charge in [-0.15, -0.1) is 0 Å². The fourth-order valence-electron chi connectivity index (χ4n) is 9.67. The highest BCUT2D eigenvalue weighted by Gasteiger charge is 2.30. The molecular weight excluding hydrogens is 743 g/mol. The Hall–Kier alpha value is -8.64. The van der Waals surface area contributed by atoms with Gasteiger partial charge in [0.05, 0.1) is 63.3 Å². The maximum Gasteiger partial charge on any atom is 0.187 e. The van der Waals surface area contributed by atoms with Crippen molar-refractivity contribution in [3.8, 4) is 39.3 Å². The van der Waals surface area contributed by atoms with Crippen LogP contribution in [0, 0.1) is 13.1 Å². The predicted octanol–water partition coefficient (Wildman–Crippen LogP) is 15.4. The number of para-hydroxylation sites is 6. The zero-order chi connectivity index (χ0) is 40.6. The Bertz CT molecular complexity index is 3470. The van der Waals surface area contributed by atoms with Crippen molar-refractivity contribution in [1.29, 1.82) is 0 Å². The molecule has 0 fully saturated rings. The van der Waals surface area contributed by atoms with Crippen LogP contribution in [-0.2, 0) is 0 Å². The third-order valence-electron chi connectivity index (χ3n) is 12.3. The molecule has 0 saturated heterocycles. The number of rotatable bonds is 5. The average molecular weight is 776 g/mol. The Morgan fingerprint density at radius 2 is 0.525 bits per heavy atom.